The van der Waals surface area contributed by atoms with Gasteiger partial charge in [0, 0.05) is 5.92 Å². The van der Waals surface area contributed by atoms with Crippen LogP contribution in [0.3, 0.4) is 0 Å². The van der Waals surface area contributed by atoms with Gasteiger partial charge < -0.3 is 10.4 Å². The van der Waals surface area contributed by atoms with Crippen LogP contribution < -0.4 is 5.32 Å². The summed E-state index contributed by atoms with van der Waals surface area (Å²) in [6, 6.07) is 27.4. The maximum absolute atomic E-state index is 9.88. The molecule has 4 rings (SSSR count). The Labute approximate surface area is 161 Å². The molecule has 0 spiro atoms. The monoisotopic (exact) mass is 357 g/mol. The lowest BCUT2D eigenvalue weighted by Gasteiger charge is -2.34. The third kappa shape index (κ3) is 4.23. The Kier molecular flexibility index (Phi) is 5.55. The molecule has 2 N–H and O–H groups in total. The molecule has 0 saturated heterocycles. The first kappa shape index (κ1) is 17.8. The average Bonchev–Trinajstić information content (AvgIpc) is 2.72. The molecule has 138 valence electrons. The first-order valence-corrected chi connectivity index (χ1v) is 9.92. The molecule has 0 saturated carbocycles. The van der Waals surface area contributed by atoms with Crippen LogP contribution in [0.25, 0.3) is 0 Å². The van der Waals surface area contributed by atoms with E-state index in [2.05, 4.69) is 72.0 Å². The van der Waals surface area contributed by atoms with Crippen LogP contribution >= 0.6 is 0 Å². The highest BCUT2D eigenvalue weighted by Crippen LogP contribution is 2.41. The number of hydrogen-bond acceptors (Lipinski definition) is 2. The van der Waals surface area contributed by atoms with Crippen molar-refractivity contribution in [2.75, 3.05) is 13.1 Å². The van der Waals surface area contributed by atoms with E-state index in [1.54, 1.807) is 0 Å². The molecule has 0 radical (unpaired) electrons. The minimum absolute atomic E-state index is 0.375. The van der Waals surface area contributed by atoms with Crippen LogP contribution in [0, 0.1) is 5.92 Å². The van der Waals surface area contributed by atoms with Gasteiger partial charge in [0.05, 0.1) is 0 Å². The summed E-state index contributed by atoms with van der Waals surface area (Å²) in [5.74, 6) is 1.33. The molecule has 0 fully saturated rings. The molecule has 27 heavy (non-hydrogen) atoms. The van der Waals surface area contributed by atoms with Crippen molar-refractivity contribution in [1.29, 1.82) is 0 Å². The van der Waals surface area contributed by atoms with Crippen molar-refractivity contribution < 1.29 is 5.11 Å². The van der Waals surface area contributed by atoms with E-state index in [1.807, 2.05) is 12.1 Å². The summed E-state index contributed by atoms with van der Waals surface area (Å²) in [4.78, 5) is 0. The Morgan fingerprint density at radius 3 is 2.41 bits per heavy atom. The number of phenols is 1. The Morgan fingerprint density at radius 1 is 0.889 bits per heavy atom. The fraction of sp³-hybridized carbons (Fsp3) is 0.280. The molecule has 3 aromatic rings. The highest BCUT2D eigenvalue weighted by Gasteiger charge is 2.30. The van der Waals surface area contributed by atoms with Gasteiger partial charge in [-0.3, -0.25) is 0 Å². The Bertz CT molecular complexity index is 860. The second-order valence-electron chi connectivity index (χ2n) is 7.51. The van der Waals surface area contributed by atoms with Gasteiger partial charge in [0.25, 0.3) is 0 Å². The summed E-state index contributed by atoms with van der Waals surface area (Å²) in [6.45, 7) is 2.02. The number of aromatic hydroxyl groups is 1. The number of nitrogens with one attached hydrogen (secondary N) is 1. The normalized spacial score (nSPS) is 18.8. The zero-order valence-corrected chi connectivity index (χ0v) is 15.6. The van der Waals surface area contributed by atoms with Crippen molar-refractivity contribution in [3.63, 3.8) is 0 Å². The topological polar surface area (TPSA) is 32.3 Å². The van der Waals surface area contributed by atoms with Gasteiger partial charge in [0.15, 0.2) is 0 Å². The first-order chi connectivity index (χ1) is 13.3. The first-order valence-electron chi connectivity index (χ1n) is 9.92. The molecule has 2 atom stereocenters. The van der Waals surface area contributed by atoms with Crippen LogP contribution in [0.4, 0.5) is 0 Å². The fourth-order valence-electron chi connectivity index (χ4n) is 4.37. The van der Waals surface area contributed by atoms with E-state index in [0.717, 1.165) is 32.4 Å². The molecule has 0 aromatic heterocycles. The third-order valence-corrected chi connectivity index (χ3v) is 5.72. The van der Waals surface area contributed by atoms with E-state index in [1.165, 1.54) is 22.3 Å². The average molecular weight is 357 g/mol. The van der Waals surface area contributed by atoms with E-state index in [-0.39, 0.29) is 0 Å². The van der Waals surface area contributed by atoms with Crippen LogP contribution in [0.1, 0.15) is 34.6 Å². The lowest BCUT2D eigenvalue weighted by Crippen LogP contribution is -2.32. The third-order valence-electron chi connectivity index (χ3n) is 5.72. The predicted octanol–water partition coefficient (Wildman–Crippen LogP) is 4.92. The van der Waals surface area contributed by atoms with Gasteiger partial charge in [0.1, 0.15) is 5.75 Å². The number of hydrogen-bond donors (Lipinski definition) is 2. The number of rotatable bonds is 6. The van der Waals surface area contributed by atoms with Crippen molar-refractivity contribution in [3.05, 3.63) is 101 Å². The molecule has 1 aliphatic carbocycles. The van der Waals surface area contributed by atoms with Crippen molar-refractivity contribution in [3.8, 4) is 5.75 Å². The standard InChI is InChI=1S/C25H27NO/c27-23-13-14-24-21(17-23)11-12-22(25(24)20-9-5-2-6-10-20)18-26-16-15-19-7-3-1-4-8-19/h1-10,13-14,17,22,25-27H,11-12,15-16,18H2/t22-,25+/m1/s1. The van der Waals surface area contributed by atoms with Crippen molar-refractivity contribution in [1.82, 2.24) is 5.32 Å². The molecule has 3 aromatic carbocycles. The maximum Gasteiger partial charge on any atom is 0.115 e. The molecule has 0 aliphatic heterocycles. The van der Waals surface area contributed by atoms with Gasteiger partial charge in [-0.2, -0.15) is 0 Å². The van der Waals surface area contributed by atoms with Crippen LogP contribution in [0.2, 0.25) is 0 Å². The molecular weight excluding hydrogens is 330 g/mol. The Morgan fingerprint density at radius 2 is 1.63 bits per heavy atom. The summed E-state index contributed by atoms with van der Waals surface area (Å²) in [7, 11) is 0. The number of phenolic OH excluding ortho intramolecular Hbond substituents is 1. The molecular formula is C25H27NO. The Balaban J connectivity index is 1.48. The summed E-state index contributed by atoms with van der Waals surface area (Å²) < 4.78 is 0. The van der Waals surface area contributed by atoms with Crippen molar-refractivity contribution >= 4 is 0 Å². The van der Waals surface area contributed by atoms with Gasteiger partial charge in [-0.25, -0.2) is 0 Å². The molecule has 2 nitrogen and oxygen atoms in total. The minimum atomic E-state index is 0.375. The van der Waals surface area contributed by atoms with Gasteiger partial charge in [-0.15, -0.1) is 0 Å². The van der Waals surface area contributed by atoms with Crippen LogP contribution in [-0.2, 0) is 12.8 Å². The second kappa shape index (κ2) is 8.41. The van der Waals surface area contributed by atoms with Crippen molar-refractivity contribution in [2.45, 2.75) is 25.2 Å². The zero-order valence-electron chi connectivity index (χ0n) is 15.6. The predicted molar refractivity (Wildman–Crippen MR) is 111 cm³/mol. The maximum atomic E-state index is 9.88. The van der Waals surface area contributed by atoms with E-state index >= 15 is 0 Å². The smallest absolute Gasteiger partial charge is 0.115 e. The summed E-state index contributed by atoms with van der Waals surface area (Å²) in [6.07, 6.45) is 3.25. The lowest BCUT2D eigenvalue weighted by molar-refractivity contribution is 0.383. The van der Waals surface area contributed by atoms with Crippen LogP contribution in [0.15, 0.2) is 78.9 Å². The summed E-state index contributed by atoms with van der Waals surface area (Å²) >= 11 is 0. The number of benzene rings is 3. The van der Waals surface area contributed by atoms with E-state index in [0.29, 0.717) is 17.6 Å². The van der Waals surface area contributed by atoms with E-state index in [4.69, 9.17) is 0 Å². The Hall–Kier alpha value is -2.58. The SMILES string of the molecule is Oc1ccc2c(c1)CC[C@H](CNCCc1ccccc1)[C@@H]2c1ccccc1. The molecule has 1 aliphatic rings. The second-order valence-corrected chi connectivity index (χ2v) is 7.51. The van der Waals surface area contributed by atoms with Gasteiger partial charge >= 0.3 is 0 Å². The van der Waals surface area contributed by atoms with E-state index < -0.39 is 0 Å². The number of aryl methyl sites for hydroxylation is 1. The largest absolute Gasteiger partial charge is 0.508 e. The summed E-state index contributed by atoms with van der Waals surface area (Å²) in [5.41, 5.74) is 5.43. The van der Waals surface area contributed by atoms with Crippen molar-refractivity contribution in [2.24, 2.45) is 5.92 Å². The molecule has 2 heteroatoms. The fourth-order valence-corrected chi connectivity index (χ4v) is 4.37. The number of fused-ring (bicyclic) bond motifs is 1. The molecule has 0 amide bonds. The lowest BCUT2D eigenvalue weighted by atomic mass is 9.71. The van der Waals surface area contributed by atoms with E-state index in [9.17, 15) is 5.11 Å². The van der Waals surface area contributed by atoms with Gasteiger partial charge in [-0.1, -0.05) is 66.7 Å². The van der Waals surface area contributed by atoms with Gasteiger partial charge in [-0.05, 0) is 72.7 Å². The minimum Gasteiger partial charge on any atom is -0.508 e. The molecule has 0 bridgehead atoms. The molecule has 0 heterocycles. The molecule has 0 unspecified atom stereocenters. The van der Waals surface area contributed by atoms with Gasteiger partial charge in [0.2, 0.25) is 0 Å². The zero-order chi connectivity index (χ0) is 18.5. The summed E-state index contributed by atoms with van der Waals surface area (Å²) in [5, 5.41) is 13.6. The van der Waals surface area contributed by atoms with Crippen LogP contribution in [-0.4, -0.2) is 18.2 Å². The quantitative estimate of drug-likeness (QED) is 0.614. The van der Waals surface area contributed by atoms with Crippen LogP contribution in [0.5, 0.6) is 5.75 Å². The highest BCUT2D eigenvalue weighted by molar-refractivity contribution is 5.44. The highest BCUT2D eigenvalue weighted by atomic mass is 16.3.